The fourth-order valence-corrected chi connectivity index (χ4v) is 3.21. The van der Waals surface area contributed by atoms with Gasteiger partial charge in [-0.1, -0.05) is 6.92 Å². The lowest BCUT2D eigenvalue weighted by Gasteiger charge is -2.20. The van der Waals surface area contributed by atoms with Crippen LogP contribution in [0.2, 0.25) is 0 Å². The van der Waals surface area contributed by atoms with Crippen LogP contribution in [-0.2, 0) is 0 Å². The minimum Gasteiger partial charge on any atom is -0.435 e. The molecule has 0 heterocycles. The maximum Gasteiger partial charge on any atom is 0.387 e. The van der Waals surface area contributed by atoms with Gasteiger partial charge in [0.25, 0.3) is 0 Å². The summed E-state index contributed by atoms with van der Waals surface area (Å²) in [5.74, 6) is 0.127. The number of benzene rings is 2. The van der Waals surface area contributed by atoms with Crippen LogP contribution in [-0.4, -0.2) is 36.0 Å². The third-order valence-electron chi connectivity index (χ3n) is 4.28. The van der Waals surface area contributed by atoms with Gasteiger partial charge in [-0.25, -0.2) is 0 Å². The van der Waals surface area contributed by atoms with E-state index in [9.17, 15) is 17.6 Å². The molecule has 0 spiro atoms. The zero-order valence-electron chi connectivity index (χ0n) is 17.6. The van der Waals surface area contributed by atoms with Crippen molar-refractivity contribution in [3.8, 4) is 11.5 Å². The van der Waals surface area contributed by atoms with Crippen molar-refractivity contribution in [2.75, 3.05) is 17.2 Å². The maximum atomic E-state index is 12.2. The van der Waals surface area contributed by atoms with Gasteiger partial charge < -0.3 is 30.7 Å². The first-order chi connectivity index (χ1) is 15.7. The highest BCUT2D eigenvalue weighted by Crippen LogP contribution is 2.18. The van der Waals surface area contributed by atoms with Gasteiger partial charge in [-0.3, -0.25) is 0 Å². The SMILES string of the molecule is CCC(CCNC(=S)Nc1ccc(OC(F)F)cc1)NC(=S)Nc1ccc(OC(F)F)cc1. The van der Waals surface area contributed by atoms with E-state index in [0.29, 0.717) is 34.6 Å². The monoisotopic (exact) mass is 504 g/mol. The van der Waals surface area contributed by atoms with E-state index < -0.39 is 13.2 Å². The lowest BCUT2D eigenvalue weighted by atomic mass is 10.1. The summed E-state index contributed by atoms with van der Waals surface area (Å²) < 4.78 is 57.4. The molecule has 2 rings (SSSR count). The summed E-state index contributed by atoms with van der Waals surface area (Å²) in [6.45, 7) is -3.17. The second-order valence-corrected chi connectivity index (χ2v) is 7.50. The maximum absolute atomic E-state index is 12.2. The summed E-state index contributed by atoms with van der Waals surface area (Å²) in [5, 5.41) is 13.0. The van der Waals surface area contributed by atoms with Crippen LogP contribution in [0.1, 0.15) is 19.8 Å². The first-order valence-corrected chi connectivity index (χ1v) is 10.8. The highest BCUT2D eigenvalue weighted by Gasteiger charge is 2.10. The minimum atomic E-state index is -2.87. The van der Waals surface area contributed by atoms with Crippen molar-refractivity contribution in [1.82, 2.24) is 10.6 Å². The first kappa shape index (κ1) is 26.4. The molecule has 6 nitrogen and oxygen atoms in total. The zero-order chi connectivity index (χ0) is 24.2. The van der Waals surface area contributed by atoms with Crippen molar-refractivity contribution >= 4 is 46.0 Å². The van der Waals surface area contributed by atoms with Crippen LogP contribution in [0.25, 0.3) is 0 Å². The number of rotatable bonds is 11. The summed E-state index contributed by atoms with van der Waals surface area (Å²) in [7, 11) is 0. The summed E-state index contributed by atoms with van der Waals surface area (Å²) >= 11 is 10.6. The molecule has 0 aliphatic carbocycles. The topological polar surface area (TPSA) is 66.6 Å². The number of hydrogen-bond acceptors (Lipinski definition) is 4. The van der Waals surface area contributed by atoms with Crippen LogP contribution in [0, 0.1) is 0 Å². The molecule has 1 atom stereocenters. The molecule has 0 saturated carbocycles. The molecule has 12 heteroatoms. The Morgan fingerprint density at radius 2 is 1.24 bits per heavy atom. The normalized spacial score (nSPS) is 11.6. The summed E-state index contributed by atoms with van der Waals surface area (Å²) in [6, 6.07) is 12.1. The van der Waals surface area contributed by atoms with Crippen LogP contribution in [0.3, 0.4) is 0 Å². The molecule has 0 saturated heterocycles. The van der Waals surface area contributed by atoms with Gasteiger partial charge in [0, 0.05) is 24.0 Å². The van der Waals surface area contributed by atoms with Crippen molar-refractivity contribution in [3.63, 3.8) is 0 Å². The van der Waals surface area contributed by atoms with Gasteiger partial charge in [-0.05, 0) is 85.8 Å². The molecule has 0 aliphatic heterocycles. The van der Waals surface area contributed by atoms with E-state index >= 15 is 0 Å². The van der Waals surface area contributed by atoms with E-state index in [0.717, 1.165) is 6.42 Å². The van der Waals surface area contributed by atoms with Crippen LogP contribution in [0.15, 0.2) is 48.5 Å². The van der Waals surface area contributed by atoms with Gasteiger partial charge in [0.2, 0.25) is 0 Å². The molecule has 0 radical (unpaired) electrons. The molecular formula is C21H24F4N4O2S2. The van der Waals surface area contributed by atoms with Crippen molar-refractivity contribution in [1.29, 1.82) is 0 Å². The number of hydrogen-bond donors (Lipinski definition) is 4. The van der Waals surface area contributed by atoms with Crippen LogP contribution >= 0.6 is 24.4 Å². The van der Waals surface area contributed by atoms with Crippen molar-refractivity contribution in [3.05, 3.63) is 48.5 Å². The summed E-state index contributed by atoms with van der Waals surface area (Å²) in [4.78, 5) is 0. The highest BCUT2D eigenvalue weighted by molar-refractivity contribution is 7.80. The predicted octanol–water partition coefficient (Wildman–Crippen LogP) is 5.33. The predicted molar refractivity (Wildman–Crippen MR) is 128 cm³/mol. The van der Waals surface area contributed by atoms with Crippen LogP contribution < -0.4 is 30.7 Å². The van der Waals surface area contributed by atoms with E-state index in [4.69, 9.17) is 24.4 Å². The van der Waals surface area contributed by atoms with Crippen molar-refractivity contribution < 1.29 is 27.0 Å². The molecule has 0 aliphatic rings. The Morgan fingerprint density at radius 3 is 1.67 bits per heavy atom. The largest absolute Gasteiger partial charge is 0.435 e. The quantitative estimate of drug-likeness (QED) is 0.242. The van der Waals surface area contributed by atoms with Gasteiger partial charge in [0.15, 0.2) is 10.2 Å². The van der Waals surface area contributed by atoms with Gasteiger partial charge in [-0.15, -0.1) is 0 Å². The molecule has 33 heavy (non-hydrogen) atoms. The number of nitrogens with one attached hydrogen (secondary N) is 4. The molecule has 0 aromatic heterocycles. The molecule has 0 amide bonds. The van der Waals surface area contributed by atoms with E-state index in [-0.39, 0.29) is 17.5 Å². The number of ether oxygens (including phenoxy) is 2. The molecule has 0 bridgehead atoms. The molecule has 1 unspecified atom stereocenters. The number of anilines is 2. The van der Waals surface area contributed by atoms with Crippen LogP contribution in [0.5, 0.6) is 11.5 Å². The van der Waals surface area contributed by atoms with E-state index in [1.54, 1.807) is 24.3 Å². The third kappa shape index (κ3) is 10.5. The van der Waals surface area contributed by atoms with Gasteiger partial charge >= 0.3 is 13.2 Å². The average molecular weight is 505 g/mol. The Morgan fingerprint density at radius 1 is 0.788 bits per heavy atom. The Hall–Kier alpha value is -2.86. The van der Waals surface area contributed by atoms with Gasteiger partial charge in [0.1, 0.15) is 11.5 Å². The Labute approximate surface area is 200 Å². The molecular weight excluding hydrogens is 480 g/mol. The number of thiocarbonyl (C=S) groups is 2. The average Bonchev–Trinajstić information content (AvgIpc) is 2.75. The number of halogens is 4. The standard InChI is InChI=1S/C21H24F4N4O2S2/c1-2-13(27-21(33)29-15-5-9-17(10-6-15)31-19(24)25)11-12-26-20(32)28-14-3-7-16(8-4-14)30-18(22)23/h3-10,13,18-19H,2,11-12H2,1H3,(H2,26,28,32)(H2,27,29,33). The second-order valence-electron chi connectivity index (χ2n) is 6.68. The van der Waals surface area contributed by atoms with Crippen LogP contribution in [0.4, 0.5) is 28.9 Å². The zero-order valence-corrected chi connectivity index (χ0v) is 19.3. The minimum absolute atomic E-state index is 0.0625. The Kier molecular flexibility index (Phi) is 10.9. The molecule has 0 fully saturated rings. The second kappa shape index (κ2) is 13.6. The fourth-order valence-electron chi connectivity index (χ4n) is 2.71. The number of alkyl halides is 4. The van der Waals surface area contributed by atoms with Crippen molar-refractivity contribution in [2.45, 2.75) is 39.0 Å². The Bertz CT molecular complexity index is 887. The fraction of sp³-hybridized carbons (Fsp3) is 0.333. The third-order valence-corrected chi connectivity index (χ3v) is 4.75. The van der Waals surface area contributed by atoms with Gasteiger partial charge in [0.05, 0.1) is 0 Å². The lowest BCUT2D eigenvalue weighted by Crippen LogP contribution is -2.40. The highest BCUT2D eigenvalue weighted by atomic mass is 32.1. The van der Waals surface area contributed by atoms with E-state index in [1.165, 1.54) is 24.3 Å². The van der Waals surface area contributed by atoms with E-state index in [2.05, 4.69) is 30.7 Å². The summed E-state index contributed by atoms with van der Waals surface area (Å²) in [6.07, 6.45) is 1.51. The summed E-state index contributed by atoms with van der Waals surface area (Å²) in [5.41, 5.74) is 1.27. The molecule has 4 N–H and O–H groups in total. The molecule has 2 aromatic carbocycles. The van der Waals surface area contributed by atoms with Gasteiger partial charge in [-0.2, -0.15) is 17.6 Å². The Balaban J connectivity index is 1.71. The smallest absolute Gasteiger partial charge is 0.387 e. The lowest BCUT2D eigenvalue weighted by molar-refractivity contribution is -0.0505. The van der Waals surface area contributed by atoms with Crippen molar-refractivity contribution in [2.24, 2.45) is 0 Å². The molecule has 2 aromatic rings. The molecule has 180 valence electrons. The first-order valence-electron chi connectivity index (χ1n) is 9.97. The van der Waals surface area contributed by atoms with E-state index in [1.807, 2.05) is 6.92 Å².